The lowest BCUT2D eigenvalue weighted by molar-refractivity contribution is -0.148. The number of carbonyl (C=O) groups is 2. The molecule has 0 aliphatic rings. The number of hydrogen-bond donors (Lipinski definition) is 0. The lowest BCUT2D eigenvalue weighted by atomic mass is 10.2. The van der Waals surface area contributed by atoms with Crippen molar-refractivity contribution in [1.29, 1.82) is 0 Å². The smallest absolute Gasteiger partial charge is 0.416 e. The van der Waals surface area contributed by atoms with Gasteiger partial charge >= 0.3 is 12.1 Å². The van der Waals surface area contributed by atoms with Gasteiger partial charge in [-0.2, -0.15) is 13.2 Å². The molecule has 3 aromatic rings. The molecular weight excluding hydrogens is 437 g/mol. The van der Waals surface area contributed by atoms with E-state index in [1.807, 2.05) is 30.3 Å². The highest BCUT2D eigenvalue weighted by Gasteiger charge is 2.30. The number of rotatable bonds is 9. The third kappa shape index (κ3) is 7.38. The number of Topliss-reactive ketones (excluding diaryl/α,β-unsaturated/α-hetero) is 1. The number of benzene rings is 3. The summed E-state index contributed by atoms with van der Waals surface area (Å²) in [5.74, 6) is -0.0779. The van der Waals surface area contributed by atoms with Crippen LogP contribution in [-0.4, -0.2) is 17.9 Å². The highest BCUT2D eigenvalue weighted by Crippen LogP contribution is 2.31. The van der Waals surface area contributed by atoms with Gasteiger partial charge in [0.2, 0.25) is 0 Å². The molecule has 0 aliphatic carbocycles. The first-order valence-electron chi connectivity index (χ1n) is 10.0. The third-order valence-electron chi connectivity index (χ3n) is 4.57. The zero-order valence-corrected chi connectivity index (χ0v) is 17.7. The van der Waals surface area contributed by atoms with Crippen LogP contribution in [0, 0.1) is 0 Å². The first-order valence-corrected chi connectivity index (χ1v) is 10.0. The Bertz CT molecular complexity index is 1060. The fourth-order valence-electron chi connectivity index (χ4n) is 2.78. The molecule has 0 fully saturated rings. The molecule has 8 heteroatoms. The third-order valence-corrected chi connectivity index (χ3v) is 4.57. The van der Waals surface area contributed by atoms with E-state index in [9.17, 15) is 22.8 Å². The largest absolute Gasteiger partial charge is 0.483 e. The van der Waals surface area contributed by atoms with Crippen LogP contribution < -0.4 is 9.47 Å². The van der Waals surface area contributed by atoms with E-state index < -0.39 is 36.0 Å². The Kier molecular flexibility index (Phi) is 7.71. The van der Waals surface area contributed by atoms with E-state index in [1.54, 1.807) is 24.3 Å². The van der Waals surface area contributed by atoms with Gasteiger partial charge in [0.15, 0.2) is 11.9 Å². The molecule has 0 heterocycles. The van der Waals surface area contributed by atoms with Crippen LogP contribution in [-0.2, 0) is 27.1 Å². The second kappa shape index (κ2) is 10.7. The summed E-state index contributed by atoms with van der Waals surface area (Å²) in [6.45, 7) is 1.61. The van der Waals surface area contributed by atoms with Gasteiger partial charge < -0.3 is 14.2 Å². The van der Waals surface area contributed by atoms with Gasteiger partial charge in [0.25, 0.3) is 0 Å². The Morgan fingerprint density at radius 1 is 0.818 bits per heavy atom. The molecule has 0 aromatic heterocycles. The molecule has 0 saturated carbocycles. The summed E-state index contributed by atoms with van der Waals surface area (Å²) in [5, 5.41) is 0. The molecule has 172 valence electrons. The van der Waals surface area contributed by atoms with Gasteiger partial charge in [0.1, 0.15) is 30.3 Å². The first kappa shape index (κ1) is 23.8. The number of esters is 1. The Morgan fingerprint density at radius 3 is 1.94 bits per heavy atom. The SMILES string of the molecule is CC(Oc1ccc(Oc2ccc(C(F)(F)F)cc2)cc1)C(=O)CC(=O)OCc1ccccc1. The molecule has 0 N–H and O–H groups in total. The van der Waals surface area contributed by atoms with Crippen molar-refractivity contribution in [2.45, 2.75) is 32.2 Å². The Hall–Kier alpha value is -3.81. The van der Waals surface area contributed by atoms with Crippen LogP contribution in [0.1, 0.15) is 24.5 Å². The van der Waals surface area contributed by atoms with Crippen molar-refractivity contribution in [1.82, 2.24) is 0 Å². The summed E-state index contributed by atoms with van der Waals surface area (Å²) in [6.07, 6.45) is -5.70. The van der Waals surface area contributed by atoms with Crippen molar-refractivity contribution >= 4 is 11.8 Å². The summed E-state index contributed by atoms with van der Waals surface area (Å²) < 4.78 is 54.1. The molecule has 1 unspecified atom stereocenters. The average molecular weight is 458 g/mol. The van der Waals surface area contributed by atoms with Crippen LogP contribution in [0.25, 0.3) is 0 Å². The lowest BCUT2D eigenvalue weighted by Crippen LogP contribution is -2.26. The maximum Gasteiger partial charge on any atom is 0.416 e. The van der Waals surface area contributed by atoms with Gasteiger partial charge in [-0.05, 0) is 61.0 Å². The monoisotopic (exact) mass is 458 g/mol. The molecule has 33 heavy (non-hydrogen) atoms. The molecule has 0 aliphatic heterocycles. The van der Waals surface area contributed by atoms with Crippen molar-refractivity contribution in [3.8, 4) is 17.2 Å². The standard InChI is InChI=1S/C25H21F3O5/c1-17(23(29)15-24(30)31-16-18-5-3-2-4-6-18)32-20-11-13-22(14-12-20)33-21-9-7-19(8-10-21)25(26,27)28/h2-14,17H,15-16H2,1H3. The Morgan fingerprint density at radius 2 is 1.36 bits per heavy atom. The van der Waals surface area contributed by atoms with E-state index in [4.69, 9.17) is 14.2 Å². The summed E-state index contributed by atoms with van der Waals surface area (Å²) >= 11 is 0. The van der Waals surface area contributed by atoms with Crippen molar-refractivity contribution < 1.29 is 37.0 Å². The van der Waals surface area contributed by atoms with Crippen LogP contribution in [0.5, 0.6) is 17.2 Å². The van der Waals surface area contributed by atoms with Crippen molar-refractivity contribution in [3.63, 3.8) is 0 Å². The fourth-order valence-corrected chi connectivity index (χ4v) is 2.78. The highest BCUT2D eigenvalue weighted by atomic mass is 19.4. The van der Waals surface area contributed by atoms with Gasteiger partial charge in [0, 0.05) is 0 Å². The van der Waals surface area contributed by atoms with Gasteiger partial charge in [-0.3, -0.25) is 9.59 Å². The molecule has 0 radical (unpaired) electrons. The summed E-state index contributed by atoms with van der Waals surface area (Å²) in [4.78, 5) is 24.1. The quantitative estimate of drug-likeness (QED) is 0.292. The molecule has 5 nitrogen and oxygen atoms in total. The van der Waals surface area contributed by atoms with Crippen LogP contribution in [0.15, 0.2) is 78.9 Å². The van der Waals surface area contributed by atoms with Gasteiger partial charge in [-0.15, -0.1) is 0 Å². The Balaban J connectivity index is 1.47. The highest BCUT2D eigenvalue weighted by molar-refractivity contribution is 5.97. The van der Waals surface area contributed by atoms with E-state index in [2.05, 4.69) is 0 Å². The number of ether oxygens (including phenoxy) is 3. The fraction of sp³-hybridized carbons (Fsp3) is 0.200. The van der Waals surface area contributed by atoms with Crippen molar-refractivity contribution in [2.24, 2.45) is 0 Å². The maximum atomic E-state index is 12.6. The lowest BCUT2D eigenvalue weighted by Gasteiger charge is -2.14. The summed E-state index contributed by atoms with van der Waals surface area (Å²) in [7, 11) is 0. The number of alkyl halides is 3. The molecule has 3 aromatic carbocycles. The normalized spacial score (nSPS) is 12.0. The molecule has 0 bridgehead atoms. The zero-order chi connectivity index (χ0) is 23.8. The molecule has 1 atom stereocenters. The average Bonchev–Trinajstić information content (AvgIpc) is 2.79. The van der Waals surface area contributed by atoms with E-state index in [-0.39, 0.29) is 12.4 Å². The number of carbonyl (C=O) groups excluding carboxylic acids is 2. The van der Waals surface area contributed by atoms with Crippen LogP contribution >= 0.6 is 0 Å². The van der Waals surface area contributed by atoms with Gasteiger partial charge in [-0.1, -0.05) is 30.3 Å². The number of ketones is 1. The maximum absolute atomic E-state index is 12.6. The van der Waals surface area contributed by atoms with Crippen LogP contribution in [0.3, 0.4) is 0 Å². The van der Waals surface area contributed by atoms with Crippen molar-refractivity contribution in [3.05, 3.63) is 90.0 Å². The number of halogens is 3. The predicted molar refractivity (Wildman–Crippen MR) is 114 cm³/mol. The predicted octanol–water partition coefficient (Wildman–Crippen LogP) is 5.97. The molecular formula is C25H21F3O5. The second-order valence-electron chi connectivity index (χ2n) is 7.15. The van der Waals surface area contributed by atoms with E-state index >= 15 is 0 Å². The zero-order valence-electron chi connectivity index (χ0n) is 17.7. The first-order chi connectivity index (χ1) is 15.7. The summed E-state index contributed by atoms with van der Waals surface area (Å²) in [6, 6.07) is 19.7. The van der Waals surface area contributed by atoms with E-state index in [0.29, 0.717) is 11.5 Å². The minimum absolute atomic E-state index is 0.0859. The second-order valence-corrected chi connectivity index (χ2v) is 7.15. The van der Waals surface area contributed by atoms with Gasteiger partial charge in [0.05, 0.1) is 5.56 Å². The van der Waals surface area contributed by atoms with Gasteiger partial charge in [-0.25, -0.2) is 0 Å². The van der Waals surface area contributed by atoms with Crippen LogP contribution in [0.4, 0.5) is 13.2 Å². The van der Waals surface area contributed by atoms with Crippen LogP contribution in [0.2, 0.25) is 0 Å². The Labute approximate surface area is 188 Å². The van der Waals surface area contributed by atoms with E-state index in [1.165, 1.54) is 19.1 Å². The molecule has 0 amide bonds. The molecule has 0 saturated heterocycles. The minimum Gasteiger partial charge on any atom is -0.483 e. The summed E-state index contributed by atoms with van der Waals surface area (Å²) in [5.41, 5.74) is 0.0578. The van der Waals surface area contributed by atoms with Crippen molar-refractivity contribution in [2.75, 3.05) is 0 Å². The number of hydrogen-bond acceptors (Lipinski definition) is 5. The molecule has 3 rings (SSSR count). The van der Waals surface area contributed by atoms with E-state index in [0.717, 1.165) is 17.7 Å². The molecule has 0 spiro atoms. The minimum atomic E-state index is -4.41. The topological polar surface area (TPSA) is 61.8 Å².